The Balaban J connectivity index is 0.000000499. The summed E-state index contributed by atoms with van der Waals surface area (Å²) in [6.45, 7) is 7.63. The Morgan fingerprint density at radius 2 is 1.74 bits per heavy atom. The van der Waals surface area contributed by atoms with Crippen molar-refractivity contribution in [3.63, 3.8) is 0 Å². The molecule has 0 unspecified atom stereocenters. The molecule has 2 aromatic heterocycles. The predicted octanol–water partition coefficient (Wildman–Crippen LogP) is 5.41. The monoisotopic (exact) mass is 530 g/mol. The van der Waals surface area contributed by atoms with Crippen molar-refractivity contribution >= 4 is 30.8 Å². The van der Waals surface area contributed by atoms with Crippen LogP contribution in [0.15, 0.2) is 35.9 Å². The van der Waals surface area contributed by atoms with Gasteiger partial charge >= 0.3 is 39.1 Å². The van der Waals surface area contributed by atoms with Gasteiger partial charge in [0.2, 0.25) is 5.88 Å². The van der Waals surface area contributed by atoms with Crippen molar-refractivity contribution < 1.29 is 39.6 Å². The molecule has 17 heteroatoms. The Bertz CT molecular complexity index is 1060. The minimum Gasteiger partial charge on any atom is -0.186 e. The molecule has 10 nitrogen and oxygen atoms in total. The van der Waals surface area contributed by atoms with Gasteiger partial charge in [-0.05, 0) is 38.0 Å². The van der Waals surface area contributed by atoms with Crippen LogP contribution in [0.25, 0.3) is 11.2 Å². The molecule has 0 bridgehead atoms. The SMILES string of the molecule is C=C(O/N=C(/C#N)CC)N1CCCCC1.Cn1nnc2cccnc21.F[P-](F)(F)(F)(F)F.O=C=O. The van der Waals surface area contributed by atoms with Crippen LogP contribution in [-0.2, 0) is 21.5 Å². The fourth-order valence-electron chi connectivity index (χ4n) is 2.35. The van der Waals surface area contributed by atoms with E-state index in [2.05, 4.69) is 31.9 Å². The van der Waals surface area contributed by atoms with Gasteiger partial charge in [0.1, 0.15) is 11.6 Å². The van der Waals surface area contributed by atoms with E-state index in [-0.39, 0.29) is 6.15 Å². The molecule has 1 aliphatic rings. The molecule has 0 atom stereocenters. The molecule has 0 aromatic carbocycles. The molecule has 0 saturated carbocycles. The van der Waals surface area contributed by atoms with Gasteiger partial charge < -0.3 is 9.74 Å². The van der Waals surface area contributed by atoms with Crippen LogP contribution in [0.5, 0.6) is 0 Å². The number of hydrogen-bond acceptors (Lipinski definition) is 9. The van der Waals surface area contributed by atoms with Gasteiger partial charge in [-0.15, -0.1) is 5.10 Å². The van der Waals surface area contributed by atoms with Gasteiger partial charge in [0.05, 0.1) is 0 Å². The zero-order valence-corrected chi connectivity index (χ0v) is 19.6. The summed E-state index contributed by atoms with van der Waals surface area (Å²) < 4.78 is 60.8. The van der Waals surface area contributed by atoms with E-state index < -0.39 is 7.81 Å². The van der Waals surface area contributed by atoms with E-state index in [9.17, 15) is 25.2 Å². The first-order chi connectivity index (χ1) is 16.0. The summed E-state index contributed by atoms with van der Waals surface area (Å²) in [4.78, 5) is 27.5. The van der Waals surface area contributed by atoms with E-state index >= 15 is 0 Å². The molecule has 0 N–H and O–H groups in total. The van der Waals surface area contributed by atoms with Gasteiger partial charge in [0.15, 0.2) is 11.4 Å². The third-order valence-corrected chi connectivity index (χ3v) is 3.79. The fourth-order valence-corrected chi connectivity index (χ4v) is 2.35. The summed E-state index contributed by atoms with van der Waals surface area (Å²) in [5.74, 6) is 0.552. The van der Waals surface area contributed by atoms with E-state index in [1.54, 1.807) is 10.9 Å². The maximum Gasteiger partial charge on any atom is 0.373 e. The van der Waals surface area contributed by atoms with E-state index in [1.807, 2.05) is 32.2 Å². The molecule has 196 valence electrons. The number of nitrogens with zero attached hydrogens (tertiary/aromatic N) is 7. The maximum atomic E-state index is 9.87. The summed E-state index contributed by atoms with van der Waals surface area (Å²) in [6.07, 6.45) is 6.18. The fraction of sp³-hybridized carbons (Fsp3) is 0.444. The number of fused-ring (bicyclic) bond motifs is 1. The predicted molar refractivity (Wildman–Crippen MR) is 114 cm³/mol. The second-order valence-electron chi connectivity index (χ2n) is 6.64. The first-order valence-corrected chi connectivity index (χ1v) is 11.8. The molecule has 1 saturated heterocycles. The maximum absolute atomic E-state index is 10.7. The molecular weight excluding hydrogens is 507 g/mol. The van der Waals surface area contributed by atoms with Gasteiger partial charge in [-0.2, -0.15) is 14.9 Å². The van der Waals surface area contributed by atoms with E-state index in [0.717, 1.165) is 24.3 Å². The van der Waals surface area contributed by atoms with Gasteiger partial charge in [-0.1, -0.05) is 17.3 Å². The average molecular weight is 530 g/mol. The van der Waals surface area contributed by atoms with Crippen LogP contribution in [0, 0.1) is 11.3 Å². The summed E-state index contributed by atoms with van der Waals surface area (Å²) >= 11 is 0. The molecule has 3 rings (SSSR count). The van der Waals surface area contributed by atoms with Crippen molar-refractivity contribution in [2.45, 2.75) is 32.6 Å². The number of aryl methyl sites for hydroxylation is 1. The van der Waals surface area contributed by atoms with Crippen LogP contribution in [0.3, 0.4) is 0 Å². The standard InChI is InChI=1S/C11H17N3O.C6H6N4.CO2.F6P/c1-3-11(9-12)13-15-10(2)14-7-5-4-6-8-14;1-10-6-5(8-9-10)3-2-4-7-6;2-1-3;1-7(2,3,4,5)6/h2-8H2,1H3;2-4H,1H3;;/q;;;-1/b13-11+;;;. The number of hydrogen-bond donors (Lipinski definition) is 0. The van der Waals surface area contributed by atoms with Crippen molar-refractivity contribution in [2.75, 3.05) is 13.1 Å². The summed E-state index contributed by atoms with van der Waals surface area (Å²) in [5, 5.41) is 20.1. The molecule has 2 aromatic rings. The minimum atomic E-state index is -10.7. The normalized spacial score (nSPS) is 15.2. The minimum absolute atomic E-state index is 0.250. The number of likely N-dealkylation sites (tertiary alicyclic amines) is 1. The Kier molecular flexibility index (Phi) is 11.5. The van der Waals surface area contributed by atoms with E-state index in [4.69, 9.17) is 19.7 Å². The quantitative estimate of drug-likeness (QED) is 0.169. The van der Waals surface area contributed by atoms with Crippen molar-refractivity contribution in [1.82, 2.24) is 24.9 Å². The van der Waals surface area contributed by atoms with Gasteiger partial charge in [0.25, 0.3) is 0 Å². The largest absolute Gasteiger partial charge is 0.373 e. The smallest absolute Gasteiger partial charge is 0.186 e. The number of carbonyl (C=O) groups excluding carboxylic acids is 2. The molecule has 0 spiro atoms. The molecule has 1 fully saturated rings. The molecule has 0 aliphatic carbocycles. The third kappa shape index (κ3) is 17.6. The number of aromatic nitrogens is 4. The number of oxime groups is 1. The Morgan fingerprint density at radius 1 is 1.20 bits per heavy atom. The Hall–Kier alpha value is -3.56. The summed E-state index contributed by atoms with van der Waals surface area (Å²) in [5.41, 5.74) is 2.06. The average Bonchev–Trinajstić information content (AvgIpc) is 3.15. The third-order valence-electron chi connectivity index (χ3n) is 3.79. The number of rotatable bonds is 4. The number of piperidine rings is 1. The van der Waals surface area contributed by atoms with Crippen LogP contribution >= 0.6 is 7.81 Å². The Morgan fingerprint density at radius 3 is 2.20 bits per heavy atom. The number of pyridine rings is 1. The second-order valence-corrected chi connectivity index (χ2v) is 8.55. The topological polar surface area (TPSA) is 126 Å². The molecular formula is C18H23F6N7O3P-. The first-order valence-electron chi connectivity index (χ1n) is 9.76. The van der Waals surface area contributed by atoms with Crippen LogP contribution < -0.4 is 0 Å². The number of halogens is 6. The van der Waals surface area contributed by atoms with Crippen molar-refractivity contribution in [3.05, 3.63) is 30.8 Å². The van der Waals surface area contributed by atoms with Crippen molar-refractivity contribution in [1.29, 1.82) is 5.26 Å². The van der Waals surface area contributed by atoms with E-state index in [1.165, 1.54) is 19.3 Å². The van der Waals surface area contributed by atoms with Crippen molar-refractivity contribution in [2.24, 2.45) is 12.2 Å². The van der Waals surface area contributed by atoms with E-state index in [0.29, 0.717) is 18.0 Å². The van der Waals surface area contributed by atoms with Gasteiger partial charge in [-0.3, -0.25) is 0 Å². The molecule has 1 aliphatic heterocycles. The van der Waals surface area contributed by atoms with Gasteiger partial charge in [0, 0.05) is 32.8 Å². The van der Waals surface area contributed by atoms with Crippen LogP contribution in [0.4, 0.5) is 25.2 Å². The first kappa shape index (κ1) is 31.4. The van der Waals surface area contributed by atoms with Crippen molar-refractivity contribution in [3.8, 4) is 6.07 Å². The second kappa shape index (κ2) is 12.8. The Labute approximate surface area is 196 Å². The zero-order valence-electron chi connectivity index (χ0n) is 18.8. The zero-order chi connectivity index (χ0) is 27.2. The number of nitriles is 1. The molecule has 35 heavy (non-hydrogen) atoms. The van der Waals surface area contributed by atoms with Crippen LogP contribution in [0.1, 0.15) is 32.6 Å². The van der Waals surface area contributed by atoms with Crippen LogP contribution in [-0.4, -0.2) is 49.8 Å². The summed E-state index contributed by atoms with van der Waals surface area (Å²) in [6, 6.07) is 5.70. The van der Waals surface area contributed by atoms with Gasteiger partial charge in [-0.25, -0.2) is 9.67 Å². The summed E-state index contributed by atoms with van der Waals surface area (Å²) in [7, 11) is -8.84. The molecule has 3 heterocycles. The molecule has 0 radical (unpaired) electrons. The van der Waals surface area contributed by atoms with Crippen LogP contribution in [0.2, 0.25) is 0 Å². The molecule has 0 amide bonds.